The van der Waals surface area contributed by atoms with Crippen molar-refractivity contribution in [1.82, 2.24) is 0 Å². The van der Waals surface area contributed by atoms with Crippen LogP contribution in [0.1, 0.15) is 39.0 Å². The summed E-state index contributed by atoms with van der Waals surface area (Å²) < 4.78 is 10.8. The van der Waals surface area contributed by atoms with E-state index in [1.165, 1.54) is 19.3 Å². The van der Waals surface area contributed by atoms with Gasteiger partial charge in [-0.2, -0.15) is 0 Å². The molecule has 0 saturated carbocycles. The normalized spacial score (nSPS) is 31.0. The minimum Gasteiger partial charge on any atom is -0.394 e. The summed E-state index contributed by atoms with van der Waals surface area (Å²) in [7, 11) is 0. The summed E-state index contributed by atoms with van der Waals surface area (Å²) in [6.07, 6.45) is 6.54. The van der Waals surface area contributed by atoms with E-state index in [9.17, 15) is 15.3 Å². The molecule has 1 fully saturated rings. The van der Waals surface area contributed by atoms with Crippen LogP contribution in [0.5, 0.6) is 0 Å². The van der Waals surface area contributed by atoms with E-state index in [0.29, 0.717) is 6.61 Å². The van der Waals surface area contributed by atoms with Crippen molar-refractivity contribution in [2.75, 3.05) is 19.8 Å². The number of allylic oxidation sites excluding steroid dienone is 1. The molecule has 4 atom stereocenters. The number of ether oxygens (including phenoxy) is 2. The average Bonchev–Trinajstić information content (AvgIpc) is 2.46. The molecule has 0 radical (unpaired) electrons. The Morgan fingerprint density at radius 2 is 1.95 bits per heavy atom. The second-order valence-corrected chi connectivity index (χ2v) is 5.20. The Labute approximate surface area is 121 Å². The lowest BCUT2D eigenvalue weighted by Gasteiger charge is -2.37. The molecule has 0 aromatic heterocycles. The van der Waals surface area contributed by atoms with Crippen LogP contribution in [-0.2, 0) is 9.47 Å². The van der Waals surface area contributed by atoms with Gasteiger partial charge in [0.05, 0.1) is 19.8 Å². The Morgan fingerprint density at radius 1 is 1.20 bits per heavy atom. The van der Waals surface area contributed by atoms with Crippen LogP contribution in [0.2, 0.25) is 0 Å². The lowest BCUT2D eigenvalue weighted by molar-refractivity contribution is -0.211. The first kappa shape index (κ1) is 17.6. The fraction of sp³-hybridized carbons (Fsp3) is 0.867. The van der Waals surface area contributed by atoms with Gasteiger partial charge in [-0.05, 0) is 19.3 Å². The van der Waals surface area contributed by atoms with Crippen molar-refractivity contribution in [3.63, 3.8) is 0 Å². The molecule has 1 heterocycles. The fourth-order valence-electron chi connectivity index (χ4n) is 2.24. The maximum atomic E-state index is 9.85. The van der Waals surface area contributed by atoms with E-state index < -0.39 is 24.4 Å². The van der Waals surface area contributed by atoms with Crippen molar-refractivity contribution in [2.24, 2.45) is 0 Å². The van der Waals surface area contributed by atoms with E-state index in [0.717, 1.165) is 12.8 Å². The molecule has 1 aliphatic rings. The largest absolute Gasteiger partial charge is 0.394 e. The van der Waals surface area contributed by atoms with Gasteiger partial charge in [-0.3, -0.25) is 0 Å². The second kappa shape index (κ2) is 10.3. The standard InChI is InChI=1S/C15H28O5/c1-2-3-4-5-6-7-8-9-19-15-13(10-16)20-11-12(17)14(15)18/h6-7,12-18H,2-5,8-11H2,1H3/b7-6+/t12-,13+,14+,15+/m1/s1. The summed E-state index contributed by atoms with van der Waals surface area (Å²) in [5.74, 6) is 0. The summed E-state index contributed by atoms with van der Waals surface area (Å²) in [6.45, 7) is 2.44. The van der Waals surface area contributed by atoms with Crippen molar-refractivity contribution >= 4 is 0 Å². The summed E-state index contributed by atoms with van der Waals surface area (Å²) >= 11 is 0. The minimum absolute atomic E-state index is 0.0313. The van der Waals surface area contributed by atoms with Gasteiger partial charge >= 0.3 is 0 Å². The van der Waals surface area contributed by atoms with Gasteiger partial charge in [0.15, 0.2) is 0 Å². The maximum absolute atomic E-state index is 9.85. The molecule has 118 valence electrons. The summed E-state index contributed by atoms with van der Waals surface area (Å²) in [5, 5.41) is 28.6. The molecule has 20 heavy (non-hydrogen) atoms. The van der Waals surface area contributed by atoms with Crippen LogP contribution >= 0.6 is 0 Å². The lowest BCUT2D eigenvalue weighted by atomic mass is 10.0. The Bertz CT molecular complexity index is 267. The predicted octanol–water partition coefficient (Wildman–Crippen LogP) is 1.01. The first-order chi connectivity index (χ1) is 9.70. The van der Waals surface area contributed by atoms with E-state index in [-0.39, 0.29) is 13.2 Å². The first-order valence-electron chi connectivity index (χ1n) is 7.55. The summed E-state index contributed by atoms with van der Waals surface area (Å²) in [5.41, 5.74) is 0. The predicted molar refractivity (Wildman–Crippen MR) is 76.5 cm³/mol. The van der Waals surface area contributed by atoms with Crippen LogP contribution in [0.4, 0.5) is 0 Å². The minimum atomic E-state index is -1.01. The van der Waals surface area contributed by atoms with E-state index in [2.05, 4.69) is 19.1 Å². The Morgan fingerprint density at radius 3 is 2.65 bits per heavy atom. The lowest BCUT2D eigenvalue weighted by Crippen LogP contribution is -2.55. The third kappa shape index (κ3) is 5.89. The monoisotopic (exact) mass is 288 g/mol. The highest BCUT2D eigenvalue weighted by Gasteiger charge is 2.38. The second-order valence-electron chi connectivity index (χ2n) is 5.20. The molecular formula is C15H28O5. The van der Waals surface area contributed by atoms with E-state index in [4.69, 9.17) is 9.47 Å². The highest BCUT2D eigenvalue weighted by molar-refractivity contribution is 4.88. The van der Waals surface area contributed by atoms with E-state index >= 15 is 0 Å². The molecule has 5 heteroatoms. The number of hydrogen-bond acceptors (Lipinski definition) is 5. The molecule has 1 rings (SSSR count). The zero-order valence-electron chi connectivity index (χ0n) is 12.3. The van der Waals surface area contributed by atoms with Crippen molar-refractivity contribution in [3.05, 3.63) is 12.2 Å². The van der Waals surface area contributed by atoms with Crippen LogP contribution in [-0.4, -0.2) is 59.6 Å². The van der Waals surface area contributed by atoms with E-state index in [1.807, 2.05) is 0 Å². The van der Waals surface area contributed by atoms with Gasteiger partial charge in [-0.15, -0.1) is 0 Å². The molecule has 0 aliphatic carbocycles. The van der Waals surface area contributed by atoms with E-state index in [1.54, 1.807) is 0 Å². The van der Waals surface area contributed by atoms with Crippen LogP contribution in [0.3, 0.4) is 0 Å². The smallest absolute Gasteiger partial charge is 0.114 e. The summed E-state index contributed by atoms with van der Waals surface area (Å²) in [6, 6.07) is 0. The van der Waals surface area contributed by atoms with Gasteiger partial charge in [0.25, 0.3) is 0 Å². The Kier molecular flexibility index (Phi) is 9.05. The van der Waals surface area contributed by atoms with Crippen molar-refractivity contribution < 1.29 is 24.8 Å². The van der Waals surface area contributed by atoms with Gasteiger partial charge in [-0.25, -0.2) is 0 Å². The zero-order chi connectivity index (χ0) is 14.8. The van der Waals surface area contributed by atoms with Gasteiger partial charge in [0, 0.05) is 0 Å². The molecule has 0 spiro atoms. The Balaban J connectivity index is 2.21. The third-order valence-corrected chi connectivity index (χ3v) is 3.49. The van der Waals surface area contributed by atoms with Gasteiger partial charge in [0.2, 0.25) is 0 Å². The van der Waals surface area contributed by atoms with Gasteiger partial charge in [-0.1, -0.05) is 31.9 Å². The molecule has 0 unspecified atom stereocenters. The highest BCUT2D eigenvalue weighted by atomic mass is 16.6. The van der Waals surface area contributed by atoms with Crippen molar-refractivity contribution in [1.29, 1.82) is 0 Å². The highest BCUT2D eigenvalue weighted by Crippen LogP contribution is 2.18. The molecule has 0 aromatic carbocycles. The van der Waals surface area contributed by atoms with Crippen LogP contribution in [0.15, 0.2) is 12.2 Å². The van der Waals surface area contributed by atoms with Gasteiger partial charge in [0.1, 0.15) is 24.4 Å². The fourth-order valence-corrected chi connectivity index (χ4v) is 2.24. The molecule has 3 N–H and O–H groups in total. The molecular weight excluding hydrogens is 260 g/mol. The number of rotatable bonds is 9. The molecule has 0 bridgehead atoms. The first-order valence-corrected chi connectivity index (χ1v) is 7.55. The average molecular weight is 288 g/mol. The third-order valence-electron chi connectivity index (χ3n) is 3.49. The van der Waals surface area contributed by atoms with Gasteiger partial charge < -0.3 is 24.8 Å². The molecule has 5 nitrogen and oxygen atoms in total. The number of aliphatic hydroxyl groups is 3. The molecule has 1 saturated heterocycles. The zero-order valence-corrected chi connectivity index (χ0v) is 12.3. The Hall–Kier alpha value is -0.460. The van der Waals surface area contributed by atoms with Crippen LogP contribution in [0.25, 0.3) is 0 Å². The number of unbranched alkanes of at least 4 members (excludes halogenated alkanes) is 3. The molecule has 0 amide bonds. The van der Waals surface area contributed by atoms with Crippen LogP contribution < -0.4 is 0 Å². The van der Waals surface area contributed by atoms with Crippen LogP contribution in [0, 0.1) is 0 Å². The molecule has 0 aromatic rings. The maximum Gasteiger partial charge on any atom is 0.114 e. The number of aliphatic hydroxyl groups excluding tert-OH is 3. The SMILES string of the molecule is CCCCC/C=C/CCO[C@@H]1[C@@H](O)[C@H](O)CO[C@H]1CO. The van der Waals surface area contributed by atoms with Crippen molar-refractivity contribution in [2.45, 2.75) is 63.4 Å². The quantitative estimate of drug-likeness (QED) is 0.436. The summed E-state index contributed by atoms with van der Waals surface area (Å²) in [4.78, 5) is 0. The number of hydrogen-bond donors (Lipinski definition) is 3. The molecule has 1 aliphatic heterocycles. The van der Waals surface area contributed by atoms with Crippen molar-refractivity contribution in [3.8, 4) is 0 Å². The topological polar surface area (TPSA) is 79.2 Å².